The molecule has 124 valence electrons. The number of rotatable bonds is 6. The van der Waals surface area contributed by atoms with E-state index in [1.54, 1.807) is 29.9 Å². The second-order valence-electron chi connectivity index (χ2n) is 5.08. The SMILES string of the molecule is Cn1nnnc1NCc1ccccc1OCc1c(Cl)cccc1Cl. The van der Waals surface area contributed by atoms with E-state index in [1.165, 1.54) is 0 Å². The lowest BCUT2D eigenvalue weighted by molar-refractivity contribution is 0.303. The molecule has 0 fully saturated rings. The van der Waals surface area contributed by atoms with Crippen LogP contribution in [0.25, 0.3) is 0 Å². The third-order valence-corrected chi connectivity index (χ3v) is 4.17. The number of hydrogen-bond donors (Lipinski definition) is 1. The van der Waals surface area contributed by atoms with E-state index in [0.717, 1.165) is 16.9 Å². The topological polar surface area (TPSA) is 64.9 Å². The van der Waals surface area contributed by atoms with Gasteiger partial charge in [0.05, 0.1) is 0 Å². The molecule has 0 aliphatic heterocycles. The van der Waals surface area contributed by atoms with Crippen molar-refractivity contribution in [1.29, 1.82) is 0 Å². The molecule has 0 bridgehead atoms. The van der Waals surface area contributed by atoms with Gasteiger partial charge < -0.3 is 10.1 Å². The van der Waals surface area contributed by atoms with Crippen LogP contribution in [0.2, 0.25) is 10.0 Å². The Morgan fingerprint density at radius 1 is 1.08 bits per heavy atom. The fourth-order valence-electron chi connectivity index (χ4n) is 2.16. The normalized spacial score (nSPS) is 10.6. The Hall–Kier alpha value is -2.31. The van der Waals surface area contributed by atoms with Crippen LogP contribution < -0.4 is 10.1 Å². The van der Waals surface area contributed by atoms with Crippen molar-refractivity contribution in [1.82, 2.24) is 20.2 Å². The summed E-state index contributed by atoms with van der Waals surface area (Å²) in [5, 5.41) is 15.6. The first-order chi connectivity index (χ1) is 11.6. The molecule has 24 heavy (non-hydrogen) atoms. The first-order valence-corrected chi connectivity index (χ1v) is 8.00. The zero-order valence-electron chi connectivity index (χ0n) is 12.9. The molecular formula is C16H15Cl2N5O. The molecule has 1 N–H and O–H groups in total. The molecular weight excluding hydrogens is 349 g/mol. The van der Waals surface area contributed by atoms with Crippen LogP contribution in [0, 0.1) is 0 Å². The summed E-state index contributed by atoms with van der Waals surface area (Å²) in [4.78, 5) is 0. The molecule has 6 nitrogen and oxygen atoms in total. The fraction of sp³-hybridized carbons (Fsp3) is 0.188. The third-order valence-electron chi connectivity index (χ3n) is 3.46. The second-order valence-corrected chi connectivity index (χ2v) is 5.89. The number of anilines is 1. The van der Waals surface area contributed by atoms with Gasteiger partial charge in [0.2, 0.25) is 5.95 Å². The van der Waals surface area contributed by atoms with Gasteiger partial charge in [-0.2, -0.15) is 0 Å². The number of aryl methyl sites for hydroxylation is 1. The highest BCUT2D eigenvalue weighted by atomic mass is 35.5. The van der Waals surface area contributed by atoms with E-state index in [4.69, 9.17) is 27.9 Å². The highest BCUT2D eigenvalue weighted by Gasteiger charge is 2.09. The number of halogens is 2. The monoisotopic (exact) mass is 363 g/mol. The van der Waals surface area contributed by atoms with Gasteiger partial charge in [-0.15, -0.1) is 0 Å². The zero-order chi connectivity index (χ0) is 16.9. The molecule has 3 rings (SSSR count). The first-order valence-electron chi connectivity index (χ1n) is 7.25. The zero-order valence-corrected chi connectivity index (χ0v) is 14.4. The van der Waals surface area contributed by atoms with Gasteiger partial charge in [0, 0.05) is 34.8 Å². The summed E-state index contributed by atoms with van der Waals surface area (Å²) in [5.74, 6) is 1.33. The minimum atomic E-state index is 0.293. The quantitative estimate of drug-likeness (QED) is 0.722. The maximum absolute atomic E-state index is 6.18. The minimum Gasteiger partial charge on any atom is -0.488 e. The molecule has 0 radical (unpaired) electrons. The molecule has 1 heterocycles. The molecule has 0 saturated carbocycles. The van der Waals surface area contributed by atoms with Crippen molar-refractivity contribution >= 4 is 29.2 Å². The average molecular weight is 364 g/mol. The predicted octanol–water partition coefficient (Wildman–Crippen LogP) is 3.71. The highest BCUT2D eigenvalue weighted by molar-refractivity contribution is 6.35. The van der Waals surface area contributed by atoms with Gasteiger partial charge in [-0.3, -0.25) is 0 Å². The predicted molar refractivity (Wildman–Crippen MR) is 93.4 cm³/mol. The summed E-state index contributed by atoms with van der Waals surface area (Å²) < 4.78 is 7.48. The Morgan fingerprint density at radius 2 is 1.83 bits per heavy atom. The minimum absolute atomic E-state index is 0.293. The molecule has 0 aliphatic rings. The number of aromatic nitrogens is 4. The Bertz CT molecular complexity index is 817. The van der Waals surface area contributed by atoms with Crippen LogP contribution in [0.4, 0.5) is 5.95 Å². The molecule has 0 unspecified atom stereocenters. The maximum Gasteiger partial charge on any atom is 0.242 e. The summed E-state index contributed by atoms with van der Waals surface area (Å²) >= 11 is 12.4. The first kappa shape index (κ1) is 16.5. The van der Waals surface area contributed by atoms with Gasteiger partial charge in [0.15, 0.2) is 0 Å². The van der Waals surface area contributed by atoms with Gasteiger partial charge in [-0.05, 0) is 28.6 Å². The fourth-order valence-corrected chi connectivity index (χ4v) is 2.67. The van der Waals surface area contributed by atoms with Crippen LogP contribution >= 0.6 is 23.2 Å². The van der Waals surface area contributed by atoms with E-state index in [9.17, 15) is 0 Å². The summed E-state index contributed by atoms with van der Waals surface area (Å²) in [7, 11) is 1.77. The maximum atomic E-state index is 6.18. The number of nitrogens with zero attached hydrogens (tertiary/aromatic N) is 4. The van der Waals surface area contributed by atoms with Gasteiger partial charge in [0.1, 0.15) is 12.4 Å². The Balaban J connectivity index is 1.71. The number of hydrogen-bond acceptors (Lipinski definition) is 5. The van der Waals surface area contributed by atoms with Crippen molar-refractivity contribution < 1.29 is 4.74 Å². The number of nitrogens with one attached hydrogen (secondary N) is 1. The van der Waals surface area contributed by atoms with Crippen LogP contribution in [-0.4, -0.2) is 20.2 Å². The molecule has 1 aromatic heterocycles. The van der Waals surface area contributed by atoms with Crippen LogP contribution in [0.3, 0.4) is 0 Å². The van der Waals surface area contributed by atoms with Crippen molar-refractivity contribution in [3.63, 3.8) is 0 Å². The molecule has 0 amide bonds. The summed E-state index contributed by atoms with van der Waals surface area (Å²) in [6, 6.07) is 13.1. The standard InChI is InChI=1S/C16H15Cl2N5O/c1-23-16(20-21-22-23)19-9-11-5-2-3-8-15(11)24-10-12-13(17)6-4-7-14(12)18/h2-8H,9-10H2,1H3,(H,19,20,22). The molecule has 0 atom stereocenters. The molecule has 2 aromatic carbocycles. The Kier molecular flexibility index (Phi) is 5.17. The van der Waals surface area contributed by atoms with Gasteiger partial charge >= 0.3 is 0 Å². The molecule has 3 aromatic rings. The van der Waals surface area contributed by atoms with Crippen molar-refractivity contribution in [3.8, 4) is 5.75 Å². The van der Waals surface area contributed by atoms with Crippen molar-refractivity contribution in [2.45, 2.75) is 13.2 Å². The Morgan fingerprint density at radius 3 is 2.54 bits per heavy atom. The number of para-hydroxylation sites is 1. The summed E-state index contributed by atoms with van der Waals surface area (Å²) in [6.45, 7) is 0.821. The summed E-state index contributed by atoms with van der Waals surface area (Å²) in [6.07, 6.45) is 0. The number of ether oxygens (including phenoxy) is 1. The van der Waals surface area contributed by atoms with E-state index in [0.29, 0.717) is 29.1 Å². The average Bonchev–Trinajstić information content (AvgIpc) is 2.98. The summed E-state index contributed by atoms with van der Waals surface area (Å²) in [5.41, 5.74) is 1.74. The Labute approximate surface area is 149 Å². The second kappa shape index (κ2) is 7.51. The van der Waals surface area contributed by atoms with Crippen molar-refractivity contribution in [2.24, 2.45) is 7.05 Å². The van der Waals surface area contributed by atoms with E-state index in [1.807, 2.05) is 24.3 Å². The van der Waals surface area contributed by atoms with E-state index in [2.05, 4.69) is 20.8 Å². The molecule has 0 aliphatic carbocycles. The third kappa shape index (κ3) is 3.77. The van der Waals surface area contributed by atoms with Gasteiger partial charge in [-0.1, -0.05) is 52.6 Å². The van der Waals surface area contributed by atoms with Crippen molar-refractivity contribution in [3.05, 3.63) is 63.6 Å². The smallest absolute Gasteiger partial charge is 0.242 e. The lowest BCUT2D eigenvalue weighted by Gasteiger charge is -2.13. The number of benzene rings is 2. The van der Waals surface area contributed by atoms with E-state index in [-0.39, 0.29) is 0 Å². The van der Waals surface area contributed by atoms with E-state index >= 15 is 0 Å². The molecule has 0 spiro atoms. The van der Waals surface area contributed by atoms with E-state index < -0.39 is 0 Å². The molecule has 0 saturated heterocycles. The highest BCUT2D eigenvalue weighted by Crippen LogP contribution is 2.27. The van der Waals surface area contributed by atoms with Gasteiger partial charge in [0.25, 0.3) is 0 Å². The largest absolute Gasteiger partial charge is 0.488 e. The van der Waals surface area contributed by atoms with Crippen LogP contribution in [0.5, 0.6) is 5.75 Å². The lowest BCUT2D eigenvalue weighted by atomic mass is 10.2. The lowest BCUT2D eigenvalue weighted by Crippen LogP contribution is -2.07. The van der Waals surface area contributed by atoms with Crippen molar-refractivity contribution in [2.75, 3.05) is 5.32 Å². The number of tetrazole rings is 1. The van der Waals surface area contributed by atoms with Crippen LogP contribution in [0.1, 0.15) is 11.1 Å². The molecule has 8 heteroatoms. The van der Waals surface area contributed by atoms with Crippen LogP contribution in [0.15, 0.2) is 42.5 Å². The van der Waals surface area contributed by atoms with Gasteiger partial charge in [-0.25, -0.2) is 4.68 Å². The van der Waals surface area contributed by atoms with Crippen LogP contribution in [-0.2, 0) is 20.2 Å².